The van der Waals surface area contributed by atoms with Gasteiger partial charge in [-0.05, 0) is 32.6 Å². The quantitative estimate of drug-likeness (QED) is 0.291. The van der Waals surface area contributed by atoms with Gasteiger partial charge in [0.05, 0.1) is 0 Å². The minimum absolute atomic E-state index is 0.0153. The Balaban J connectivity index is 3.69. The molecule has 1 heteroatoms. The molecule has 0 spiro atoms. The Morgan fingerprint density at radius 1 is 0.765 bits per heavy atom. The van der Waals surface area contributed by atoms with E-state index in [0.29, 0.717) is 5.92 Å². The van der Waals surface area contributed by atoms with Crippen molar-refractivity contribution in [3.8, 4) is 0 Å². The Labute approximate surface area is 115 Å². The van der Waals surface area contributed by atoms with Crippen LogP contribution in [0.4, 0.5) is 0 Å². The zero-order valence-electron chi connectivity index (χ0n) is 12.5. The fourth-order valence-corrected chi connectivity index (χ4v) is 2.67. The predicted octanol–water partition coefficient (Wildman–Crippen LogP) is 6.56. The van der Waals surface area contributed by atoms with Gasteiger partial charge in [0.15, 0.2) is 0 Å². The maximum absolute atomic E-state index is 6.50. The molecule has 0 aromatic heterocycles. The molecule has 17 heavy (non-hydrogen) atoms. The van der Waals surface area contributed by atoms with Crippen LogP contribution in [0.25, 0.3) is 0 Å². The molecule has 0 radical (unpaired) electrons. The smallest absolute Gasteiger partial charge is 0.0418 e. The van der Waals surface area contributed by atoms with Crippen molar-refractivity contribution in [2.24, 2.45) is 5.92 Å². The molecule has 1 unspecified atom stereocenters. The van der Waals surface area contributed by atoms with E-state index in [9.17, 15) is 0 Å². The van der Waals surface area contributed by atoms with Crippen molar-refractivity contribution >= 4 is 11.6 Å². The molecule has 0 rings (SSSR count). The van der Waals surface area contributed by atoms with Crippen LogP contribution in [0, 0.1) is 5.92 Å². The van der Waals surface area contributed by atoms with E-state index in [-0.39, 0.29) is 4.87 Å². The molecule has 0 aliphatic rings. The lowest BCUT2D eigenvalue weighted by molar-refractivity contribution is 0.339. The first-order valence-corrected chi connectivity index (χ1v) is 8.09. The second-order valence-electron chi connectivity index (χ2n) is 5.96. The maximum Gasteiger partial charge on any atom is 0.0418 e. The molecular formula is C16H33Cl. The summed E-state index contributed by atoms with van der Waals surface area (Å²) in [6, 6.07) is 0. The highest BCUT2D eigenvalue weighted by molar-refractivity contribution is 6.23. The first-order valence-electron chi connectivity index (χ1n) is 7.71. The van der Waals surface area contributed by atoms with Crippen molar-refractivity contribution in [2.75, 3.05) is 0 Å². The van der Waals surface area contributed by atoms with Crippen molar-refractivity contribution in [1.29, 1.82) is 0 Å². The van der Waals surface area contributed by atoms with Gasteiger partial charge in [0, 0.05) is 4.87 Å². The molecule has 1 atom stereocenters. The molecule has 0 saturated heterocycles. The van der Waals surface area contributed by atoms with Crippen molar-refractivity contribution in [1.82, 2.24) is 0 Å². The molecule has 0 aromatic carbocycles. The topological polar surface area (TPSA) is 0 Å². The lowest BCUT2D eigenvalue weighted by Crippen LogP contribution is -2.24. The van der Waals surface area contributed by atoms with Gasteiger partial charge in [-0.15, -0.1) is 11.6 Å². The van der Waals surface area contributed by atoms with E-state index in [1.165, 1.54) is 64.2 Å². The largest absolute Gasteiger partial charge is 0.120 e. The van der Waals surface area contributed by atoms with E-state index in [2.05, 4.69) is 27.7 Å². The Morgan fingerprint density at radius 2 is 1.24 bits per heavy atom. The van der Waals surface area contributed by atoms with Gasteiger partial charge in [-0.3, -0.25) is 0 Å². The third kappa shape index (κ3) is 9.94. The molecular weight excluding hydrogens is 228 g/mol. The number of hydrogen-bond donors (Lipinski definition) is 0. The molecule has 0 bridgehead atoms. The molecule has 0 nitrogen and oxygen atoms in total. The highest BCUT2D eigenvalue weighted by Crippen LogP contribution is 2.33. The maximum atomic E-state index is 6.50. The van der Waals surface area contributed by atoms with Crippen LogP contribution in [-0.2, 0) is 0 Å². The molecule has 0 fully saturated rings. The van der Waals surface area contributed by atoms with Crippen LogP contribution in [0.2, 0.25) is 0 Å². The zero-order valence-corrected chi connectivity index (χ0v) is 13.3. The second-order valence-corrected chi connectivity index (χ2v) is 6.93. The first kappa shape index (κ1) is 17.3. The summed E-state index contributed by atoms with van der Waals surface area (Å²) >= 11 is 6.50. The summed E-state index contributed by atoms with van der Waals surface area (Å²) in [6.45, 7) is 8.91. The molecule has 0 heterocycles. The average Bonchev–Trinajstić information content (AvgIpc) is 2.25. The third-order valence-electron chi connectivity index (χ3n) is 3.78. The van der Waals surface area contributed by atoms with E-state index in [4.69, 9.17) is 11.6 Å². The summed E-state index contributed by atoms with van der Waals surface area (Å²) in [6.07, 6.45) is 13.6. The Hall–Kier alpha value is 0.290. The fraction of sp³-hybridized carbons (Fsp3) is 1.00. The van der Waals surface area contributed by atoms with Crippen LogP contribution in [0.1, 0.15) is 91.9 Å². The van der Waals surface area contributed by atoms with Gasteiger partial charge in [0.2, 0.25) is 0 Å². The second kappa shape index (κ2) is 10.2. The summed E-state index contributed by atoms with van der Waals surface area (Å²) in [7, 11) is 0. The van der Waals surface area contributed by atoms with Crippen LogP contribution >= 0.6 is 11.6 Å². The molecule has 0 N–H and O–H groups in total. The van der Waals surface area contributed by atoms with Crippen molar-refractivity contribution in [3.05, 3.63) is 0 Å². The average molecular weight is 261 g/mol. The van der Waals surface area contributed by atoms with Crippen LogP contribution in [0.15, 0.2) is 0 Å². The van der Waals surface area contributed by atoms with E-state index >= 15 is 0 Å². The Bertz CT molecular complexity index is 157. The Kier molecular flexibility index (Phi) is 10.4. The van der Waals surface area contributed by atoms with Crippen molar-refractivity contribution in [2.45, 2.75) is 96.8 Å². The number of rotatable bonds is 11. The fourth-order valence-electron chi connectivity index (χ4n) is 2.45. The monoisotopic (exact) mass is 260 g/mol. The molecule has 0 aromatic rings. The van der Waals surface area contributed by atoms with Gasteiger partial charge in [0.1, 0.15) is 0 Å². The van der Waals surface area contributed by atoms with Crippen LogP contribution in [0.3, 0.4) is 0 Å². The zero-order chi connectivity index (χ0) is 13.1. The lowest BCUT2D eigenvalue weighted by atomic mass is 9.85. The summed E-state index contributed by atoms with van der Waals surface area (Å²) < 4.78 is 0. The summed E-state index contributed by atoms with van der Waals surface area (Å²) in [4.78, 5) is -0.0153. The highest BCUT2D eigenvalue weighted by Gasteiger charge is 2.25. The number of alkyl halides is 1. The standard InChI is InChI=1S/C16H33Cl/c1-5-7-9-10-11-12-14-15(13-8-6-2)16(3,4)17/h15H,5-14H2,1-4H3. The minimum atomic E-state index is -0.0153. The molecule has 0 aliphatic carbocycles. The van der Waals surface area contributed by atoms with Gasteiger partial charge < -0.3 is 0 Å². The molecule has 0 amide bonds. The van der Waals surface area contributed by atoms with Crippen molar-refractivity contribution < 1.29 is 0 Å². The van der Waals surface area contributed by atoms with Gasteiger partial charge in [-0.2, -0.15) is 0 Å². The van der Waals surface area contributed by atoms with Gasteiger partial charge in [0.25, 0.3) is 0 Å². The number of unbranched alkanes of at least 4 members (excludes halogenated alkanes) is 6. The lowest BCUT2D eigenvalue weighted by Gasteiger charge is -2.28. The number of hydrogen-bond acceptors (Lipinski definition) is 0. The Morgan fingerprint density at radius 3 is 1.76 bits per heavy atom. The predicted molar refractivity (Wildman–Crippen MR) is 80.9 cm³/mol. The number of halogens is 1. The normalized spacial score (nSPS) is 13.9. The van der Waals surface area contributed by atoms with E-state index < -0.39 is 0 Å². The summed E-state index contributed by atoms with van der Waals surface area (Å²) in [5, 5.41) is 0. The molecule has 0 aliphatic heterocycles. The minimum Gasteiger partial charge on any atom is -0.120 e. The van der Waals surface area contributed by atoms with E-state index in [1.807, 2.05) is 0 Å². The van der Waals surface area contributed by atoms with Crippen molar-refractivity contribution in [3.63, 3.8) is 0 Å². The summed E-state index contributed by atoms with van der Waals surface area (Å²) in [5.41, 5.74) is 0. The first-order chi connectivity index (χ1) is 8.02. The SMILES string of the molecule is CCCCCCCCC(CCCC)C(C)(C)Cl. The summed E-state index contributed by atoms with van der Waals surface area (Å²) in [5.74, 6) is 0.704. The molecule has 104 valence electrons. The third-order valence-corrected chi connectivity index (χ3v) is 4.09. The van der Waals surface area contributed by atoms with Crippen LogP contribution in [0.5, 0.6) is 0 Å². The van der Waals surface area contributed by atoms with Gasteiger partial charge >= 0.3 is 0 Å². The van der Waals surface area contributed by atoms with Gasteiger partial charge in [-0.1, -0.05) is 65.2 Å². The van der Waals surface area contributed by atoms with Crippen LogP contribution < -0.4 is 0 Å². The molecule has 0 saturated carbocycles. The van der Waals surface area contributed by atoms with E-state index in [0.717, 1.165) is 0 Å². The highest BCUT2D eigenvalue weighted by atomic mass is 35.5. The van der Waals surface area contributed by atoms with Crippen LogP contribution in [-0.4, -0.2) is 4.87 Å². The van der Waals surface area contributed by atoms with E-state index in [1.54, 1.807) is 0 Å². The van der Waals surface area contributed by atoms with Gasteiger partial charge in [-0.25, -0.2) is 0 Å².